The average molecular weight is 252 g/mol. The molecule has 0 radical (unpaired) electrons. The fourth-order valence-electron chi connectivity index (χ4n) is 1.52. The smallest absolute Gasteiger partial charge is 0.339 e. The predicted molar refractivity (Wildman–Crippen MR) is 68.6 cm³/mol. The number of thioether (sulfide) groups is 1. The largest absolute Gasteiger partial charge is 0.462 e. The van der Waals surface area contributed by atoms with Crippen LogP contribution in [-0.4, -0.2) is 24.6 Å². The normalized spacial score (nSPS) is 10.1. The fourth-order valence-corrected chi connectivity index (χ4v) is 2.09. The number of Topliss-reactive ketones (excluding diaryl/α,β-unsaturated/α-hetero) is 1. The Morgan fingerprint density at radius 2 is 2.06 bits per heavy atom. The molecule has 4 heteroatoms. The van der Waals surface area contributed by atoms with Gasteiger partial charge in [0.15, 0.2) is 0 Å². The summed E-state index contributed by atoms with van der Waals surface area (Å²) in [5, 5.41) is 0. The van der Waals surface area contributed by atoms with Crippen molar-refractivity contribution in [3.05, 3.63) is 29.3 Å². The van der Waals surface area contributed by atoms with Crippen molar-refractivity contribution in [2.75, 3.05) is 12.9 Å². The van der Waals surface area contributed by atoms with Gasteiger partial charge in [-0.2, -0.15) is 0 Å². The van der Waals surface area contributed by atoms with Crippen molar-refractivity contribution in [1.82, 2.24) is 0 Å². The number of rotatable bonds is 5. The van der Waals surface area contributed by atoms with Crippen molar-refractivity contribution in [2.24, 2.45) is 0 Å². The lowest BCUT2D eigenvalue weighted by Crippen LogP contribution is -2.07. The highest BCUT2D eigenvalue weighted by atomic mass is 32.2. The van der Waals surface area contributed by atoms with E-state index in [4.69, 9.17) is 4.74 Å². The third kappa shape index (κ3) is 3.89. The highest BCUT2D eigenvalue weighted by molar-refractivity contribution is 7.98. The van der Waals surface area contributed by atoms with Crippen LogP contribution in [0, 0.1) is 0 Å². The van der Waals surface area contributed by atoms with E-state index < -0.39 is 0 Å². The fraction of sp³-hybridized carbons (Fsp3) is 0.385. The van der Waals surface area contributed by atoms with E-state index in [1.165, 1.54) is 18.7 Å². The van der Waals surface area contributed by atoms with Crippen molar-refractivity contribution < 1.29 is 14.3 Å². The first-order chi connectivity index (χ1) is 8.08. The topological polar surface area (TPSA) is 43.4 Å². The predicted octanol–water partition coefficient (Wildman–Crippen LogP) is 2.72. The van der Waals surface area contributed by atoms with Crippen LogP contribution in [0.4, 0.5) is 0 Å². The number of carbonyl (C=O) groups excluding carboxylic acids is 2. The van der Waals surface area contributed by atoms with E-state index in [1.54, 1.807) is 13.0 Å². The number of hydrogen-bond donors (Lipinski definition) is 0. The summed E-state index contributed by atoms with van der Waals surface area (Å²) in [5.74, 6) is -0.251. The van der Waals surface area contributed by atoms with Crippen molar-refractivity contribution >= 4 is 23.5 Å². The molecule has 0 aromatic heterocycles. The van der Waals surface area contributed by atoms with Crippen molar-refractivity contribution in [3.63, 3.8) is 0 Å². The molecule has 0 bridgehead atoms. The van der Waals surface area contributed by atoms with Crippen LogP contribution in [0.25, 0.3) is 0 Å². The third-order valence-electron chi connectivity index (χ3n) is 2.21. The molecule has 0 unspecified atom stereocenters. The summed E-state index contributed by atoms with van der Waals surface area (Å²) in [6.07, 6.45) is 2.25. The monoisotopic (exact) mass is 252 g/mol. The maximum Gasteiger partial charge on any atom is 0.339 e. The van der Waals surface area contributed by atoms with Crippen LogP contribution >= 0.6 is 11.8 Å². The molecule has 92 valence electrons. The first-order valence-electron chi connectivity index (χ1n) is 5.42. The summed E-state index contributed by atoms with van der Waals surface area (Å²) in [4.78, 5) is 23.7. The number of carbonyl (C=O) groups is 2. The molecule has 1 aromatic carbocycles. The summed E-state index contributed by atoms with van der Waals surface area (Å²) < 4.78 is 4.99. The second kappa shape index (κ2) is 6.45. The molecule has 0 amide bonds. The molecular weight excluding hydrogens is 236 g/mol. The zero-order chi connectivity index (χ0) is 12.8. The lowest BCUT2D eigenvalue weighted by Gasteiger charge is -2.08. The zero-order valence-electron chi connectivity index (χ0n) is 10.3. The molecule has 0 spiro atoms. The molecule has 3 nitrogen and oxygen atoms in total. The Morgan fingerprint density at radius 1 is 1.35 bits per heavy atom. The maximum absolute atomic E-state index is 11.7. The Kier molecular flexibility index (Phi) is 5.22. The average Bonchev–Trinajstić information content (AvgIpc) is 2.28. The molecule has 0 saturated heterocycles. The van der Waals surface area contributed by atoms with Gasteiger partial charge in [0.1, 0.15) is 5.78 Å². The zero-order valence-corrected chi connectivity index (χ0v) is 11.1. The Hall–Kier alpha value is -1.29. The summed E-state index contributed by atoms with van der Waals surface area (Å²) in [5.41, 5.74) is 1.39. The van der Waals surface area contributed by atoms with Gasteiger partial charge in [-0.05, 0) is 37.8 Å². The van der Waals surface area contributed by atoms with Gasteiger partial charge in [-0.1, -0.05) is 6.07 Å². The summed E-state index contributed by atoms with van der Waals surface area (Å²) >= 11 is 1.49. The molecule has 0 aliphatic rings. The number of benzene rings is 1. The van der Waals surface area contributed by atoms with E-state index in [2.05, 4.69) is 0 Å². The third-order valence-corrected chi connectivity index (χ3v) is 3.01. The number of esters is 1. The van der Waals surface area contributed by atoms with E-state index in [0.717, 1.165) is 10.5 Å². The van der Waals surface area contributed by atoms with Crippen molar-refractivity contribution in [3.8, 4) is 0 Å². The van der Waals surface area contributed by atoms with Crippen molar-refractivity contribution in [1.29, 1.82) is 0 Å². The molecule has 0 aliphatic carbocycles. The molecule has 1 rings (SSSR count). The summed E-state index contributed by atoms with van der Waals surface area (Å²) in [6.45, 7) is 3.66. The quantitative estimate of drug-likeness (QED) is 0.597. The summed E-state index contributed by atoms with van der Waals surface area (Å²) in [7, 11) is 0. The van der Waals surface area contributed by atoms with Gasteiger partial charge < -0.3 is 4.74 Å². The molecule has 0 saturated carbocycles. The lowest BCUT2D eigenvalue weighted by atomic mass is 10.1. The SMILES string of the molecule is CCOC(=O)c1cc(CC(C)=O)ccc1SC. The molecule has 17 heavy (non-hydrogen) atoms. The Balaban J connectivity index is 3.05. The minimum Gasteiger partial charge on any atom is -0.462 e. The molecule has 1 aromatic rings. The maximum atomic E-state index is 11.7. The van der Waals surface area contributed by atoms with E-state index in [1.807, 2.05) is 18.4 Å². The van der Waals surface area contributed by atoms with Gasteiger partial charge in [0.05, 0.1) is 12.2 Å². The molecule has 0 atom stereocenters. The van der Waals surface area contributed by atoms with E-state index in [0.29, 0.717) is 18.6 Å². The second-order valence-electron chi connectivity index (χ2n) is 3.63. The van der Waals surface area contributed by atoms with E-state index in [-0.39, 0.29) is 11.8 Å². The Bertz CT molecular complexity index is 427. The van der Waals surface area contributed by atoms with Crippen LogP contribution in [0.3, 0.4) is 0 Å². The second-order valence-corrected chi connectivity index (χ2v) is 4.48. The molecule has 0 fully saturated rings. The lowest BCUT2D eigenvalue weighted by molar-refractivity contribution is -0.116. The van der Waals surface area contributed by atoms with Crippen molar-refractivity contribution in [2.45, 2.75) is 25.2 Å². The van der Waals surface area contributed by atoms with E-state index in [9.17, 15) is 9.59 Å². The van der Waals surface area contributed by atoms with Crippen LogP contribution in [0.2, 0.25) is 0 Å². The van der Waals surface area contributed by atoms with Gasteiger partial charge in [0, 0.05) is 11.3 Å². The summed E-state index contributed by atoms with van der Waals surface area (Å²) in [6, 6.07) is 5.47. The van der Waals surface area contributed by atoms with Crippen LogP contribution < -0.4 is 0 Å². The standard InChI is InChI=1S/C13H16O3S/c1-4-16-13(15)11-8-10(7-9(2)14)5-6-12(11)17-3/h5-6,8H,4,7H2,1-3H3. The minimum absolute atomic E-state index is 0.0803. The Labute approximate surface area is 106 Å². The minimum atomic E-state index is -0.331. The van der Waals surface area contributed by atoms with Gasteiger partial charge in [-0.3, -0.25) is 4.79 Å². The molecule has 0 aliphatic heterocycles. The Morgan fingerprint density at radius 3 is 2.59 bits per heavy atom. The molecular formula is C13H16O3S. The van der Waals surface area contributed by atoms with Gasteiger partial charge in [0.2, 0.25) is 0 Å². The van der Waals surface area contributed by atoms with E-state index >= 15 is 0 Å². The first-order valence-corrected chi connectivity index (χ1v) is 6.64. The first kappa shape index (κ1) is 13.8. The van der Waals surface area contributed by atoms with Gasteiger partial charge in [-0.15, -0.1) is 11.8 Å². The highest BCUT2D eigenvalue weighted by Gasteiger charge is 2.13. The van der Waals surface area contributed by atoms with Gasteiger partial charge in [0.25, 0.3) is 0 Å². The van der Waals surface area contributed by atoms with Gasteiger partial charge in [-0.25, -0.2) is 4.79 Å². The van der Waals surface area contributed by atoms with Crippen LogP contribution in [0.15, 0.2) is 23.1 Å². The van der Waals surface area contributed by atoms with Crippen LogP contribution in [0.5, 0.6) is 0 Å². The highest BCUT2D eigenvalue weighted by Crippen LogP contribution is 2.23. The molecule has 0 heterocycles. The number of ketones is 1. The molecule has 0 N–H and O–H groups in total. The number of hydrogen-bond acceptors (Lipinski definition) is 4. The number of ether oxygens (including phenoxy) is 1. The van der Waals surface area contributed by atoms with Crippen LogP contribution in [0.1, 0.15) is 29.8 Å². The van der Waals surface area contributed by atoms with Gasteiger partial charge >= 0.3 is 5.97 Å². The van der Waals surface area contributed by atoms with Crippen LogP contribution in [-0.2, 0) is 16.0 Å².